The van der Waals surface area contributed by atoms with Crippen molar-refractivity contribution in [1.82, 2.24) is 19.7 Å². The zero-order valence-electron chi connectivity index (χ0n) is 15.2. The number of nitrogens with zero attached hydrogens (tertiary/aromatic N) is 5. The molecule has 1 fully saturated rings. The highest BCUT2D eigenvalue weighted by atomic mass is 16.2. The van der Waals surface area contributed by atoms with Gasteiger partial charge in [-0.25, -0.2) is 9.67 Å². The summed E-state index contributed by atoms with van der Waals surface area (Å²) in [6.07, 6.45) is 2.42. The molecule has 1 N–H and O–H groups in total. The lowest BCUT2D eigenvalue weighted by Gasteiger charge is -2.33. The maximum atomic E-state index is 12.4. The number of aryl methyl sites for hydroxylation is 1. The molecule has 0 atom stereocenters. The number of anilines is 2. The summed E-state index contributed by atoms with van der Waals surface area (Å²) in [5.41, 5.74) is 0.603. The van der Waals surface area contributed by atoms with E-state index in [0.29, 0.717) is 12.2 Å². The van der Waals surface area contributed by atoms with Gasteiger partial charge in [0.15, 0.2) is 0 Å². The van der Waals surface area contributed by atoms with E-state index in [2.05, 4.69) is 32.2 Å². The Kier molecular flexibility index (Phi) is 5.62. The lowest BCUT2D eigenvalue weighted by molar-refractivity contribution is 0.101. The highest BCUT2D eigenvalue weighted by Gasteiger charge is 2.15. The zero-order chi connectivity index (χ0) is 18.5. The molecule has 0 aliphatic carbocycles. The van der Waals surface area contributed by atoms with Crippen LogP contribution in [-0.2, 0) is 6.54 Å². The molecular weight excluding hydrogens is 332 g/mol. The molecule has 0 aromatic carbocycles. The molecule has 0 unspecified atom stereocenters. The average Bonchev–Trinajstić information content (AvgIpc) is 2.65. The van der Waals surface area contributed by atoms with Gasteiger partial charge in [0.05, 0.1) is 11.9 Å². The number of carbonyl (C=O) groups is 1. The first-order valence-electron chi connectivity index (χ1n) is 8.86. The van der Waals surface area contributed by atoms with Gasteiger partial charge >= 0.3 is 0 Å². The minimum Gasteiger partial charge on any atom is -0.354 e. The van der Waals surface area contributed by atoms with Gasteiger partial charge in [0.25, 0.3) is 11.5 Å². The Labute approximate surface area is 152 Å². The van der Waals surface area contributed by atoms with Gasteiger partial charge in [0, 0.05) is 38.8 Å². The lowest BCUT2D eigenvalue weighted by Crippen LogP contribution is -2.44. The number of amides is 1. The summed E-state index contributed by atoms with van der Waals surface area (Å²) >= 11 is 0. The third-order valence-corrected chi connectivity index (χ3v) is 4.37. The molecule has 26 heavy (non-hydrogen) atoms. The van der Waals surface area contributed by atoms with E-state index < -0.39 is 0 Å². The van der Waals surface area contributed by atoms with Crippen molar-refractivity contribution in [3.05, 3.63) is 46.5 Å². The van der Waals surface area contributed by atoms with Crippen LogP contribution in [-0.4, -0.2) is 58.8 Å². The highest BCUT2D eigenvalue weighted by Crippen LogP contribution is 2.16. The SMILES string of the molecule is CCCn1nc(C(=O)Nc2ccc(N3CCN(C)CC3)nc2)ccc1=O. The number of rotatable bonds is 5. The first-order chi connectivity index (χ1) is 12.6. The molecular formula is C18H24N6O2. The van der Waals surface area contributed by atoms with Crippen molar-refractivity contribution in [3.63, 3.8) is 0 Å². The smallest absolute Gasteiger partial charge is 0.276 e. The average molecular weight is 356 g/mol. The van der Waals surface area contributed by atoms with E-state index in [9.17, 15) is 9.59 Å². The van der Waals surface area contributed by atoms with Crippen LogP contribution in [0.4, 0.5) is 11.5 Å². The highest BCUT2D eigenvalue weighted by molar-refractivity contribution is 6.02. The second kappa shape index (κ2) is 8.09. The number of nitrogens with one attached hydrogen (secondary N) is 1. The Balaban J connectivity index is 1.66. The standard InChI is InChI=1S/C18H24N6O2/c1-3-8-24-17(25)7-5-15(21-24)18(26)20-14-4-6-16(19-13-14)23-11-9-22(2)10-12-23/h4-7,13H,3,8-12H2,1-2H3,(H,20,26). The number of hydrogen-bond acceptors (Lipinski definition) is 6. The first kappa shape index (κ1) is 18.1. The van der Waals surface area contributed by atoms with Crippen LogP contribution in [0.15, 0.2) is 35.3 Å². The maximum Gasteiger partial charge on any atom is 0.276 e. The summed E-state index contributed by atoms with van der Waals surface area (Å²) in [7, 11) is 2.11. The molecule has 0 bridgehead atoms. The first-order valence-corrected chi connectivity index (χ1v) is 8.86. The summed E-state index contributed by atoms with van der Waals surface area (Å²) in [6.45, 7) is 6.35. The predicted molar refractivity (Wildman–Crippen MR) is 101 cm³/mol. The number of pyridine rings is 1. The lowest BCUT2D eigenvalue weighted by atomic mass is 10.3. The van der Waals surface area contributed by atoms with E-state index in [4.69, 9.17) is 0 Å². The van der Waals surface area contributed by atoms with Crippen LogP contribution in [0.1, 0.15) is 23.8 Å². The van der Waals surface area contributed by atoms with Gasteiger partial charge in [-0.15, -0.1) is 0 Å². The van der Waals surface area contributed by atoms with E-state index in [1.165, 1.54) is 16.8 Å². The van der Waals surface area contributed by atoms with Gasteiger partial charge in [-0.1, -0.05) is 6.92 Å². The monoisotopic (exact) mass is 356 g/mol. The molecule has 2 aromatic rings. The molecule has 0 spiro atoms. The third-order valence-electron chi connectivity index (χ3n) is 4.37. The van der Waals surface area contributed by atoms with Crippen molar-refractivity contribution in [2.24, 2.45) is 0 Å². The second-order valence-corrected chi connectivity index (χ2v) is 6.43. The quantitative estimate of drug-likeness (QED) is 0.862. The van der Waals surface area contributed by atoms with Gasteiger partial charge in [-0.05, 0) is 31.7 Å². The van der Waals surface area contributed by atoms with E-state index in [1.54, 1.807) is 6.20 Å². The maximum absolute atomic E-state index is 12.4. The van der Waals surface area contributed by atoms with E-state index in [0.717, 1.165) is 38.4 Å². The molecule has 1 saturated heterocycles. The minimum absolute atomic E-state index is 0.207. The zero-order valence-corrected chi connectivity index (χ0v) is 15.2. The Morgan fingerprint density at radius 3 is 2.58 bits per heavy atom. The molecule has 3 rings (SSSR count). The fourth-order valence-corrected chi connectivity index (χ4v) is 2.82. The molecule has 138 valence electrons. The van der Waals surface area contributed by atoms with Crippen molar-refractivity contribution < 1.29 is 4.79 Å². The molecule has 0 saturated carbocycles. The molecule has 2 aromatic heterocycles. The number of hydrogen-bond donors (Lipinski definition) is 1. The Morgan fingerprint density at radius 2 is 1.92 bits per heavy atom. The van der Waals surface area contributed by atoms with Gasteiger partial charge in [-0.2, -0.15) is 5.10 Å². The minimum atomic E-state index is -0.357. The van der Waals surface area contributed by atoms with E-state index in [1.807, 2.05) is 19.1 Å². The number of carbonyl (C=O) groups excluding carboxylic acids is 1. The summed E-state index contributed by atoms with van der Waals surface area (Å²) in [6, 6.07) is 6.55. The third kappa shape index (κ3) is 4.26. The topological polar surface area (TPSA) is 83.4 Å². The molecule has 8 nitrogen and oxygen atoms in total. The van der Waals surface area contributed by atoms with Crippen LogP contribution < -0.4 is 15.8 Å². The Bertz CT molecular complexity index is 809. The second-order valence-electron chi connectivity index (χ2n) is 6.43. The van der Waals surface area contributed by atoms with Crippen LogP contribution in [0.5, 0.6) is 0 Å². The van der Waals surface area contributed by atoms with Crippen molar-refractivity contribution in [2.45, 2.75) is 19.9 Å². The molecule has 1 aliphatic heterocycles. The van der Waals surface area contributed by atoms with E-state index >= 15 is 0 Å². The summed E-state index contributed by atoms with van der Waals surface area (Å²) in [5, 5.41) is 6.89. The normalized spacial score (nSPS) is 15.1. The number of aromatic nitrogens is 3. The Morgan fingerprint density at radius 1 is 1.15 bits per heavy atom. The fourth-order valence-electron chi connectivity index (χ4n) is 2.82. The molecule has 0 radical (unpaired) electrons. The van der Waals surface area contributed by atoms with E-state index in [-0.39, 0.29) is 17.2 Å². The largest absolute Gasteiger partial charge is 0.354 e. The van der Waals surface area contributed by atoms with Crippen LogP contribution in [0.25, 0.3) is 0 Å². The Hall–Kier alpha value is -2.74. The van der Waals surface area contributed by atoms with Crippen LogP contribution in [0, 0.1) is 0 Å². The van der Waals surface area contributed by atoms with Gasteiger partial charge in [0.1, 0.15) is 11.5 Å². The summed E-state index contributed by atoms with van der Waals surface area (Å²) in [4.78, 5) is 33.0. The number of piperazine rings is 1. The van der Waals surface area contributed by atoms with Crippen molar-refractivity contribution >= 4 is 17.4 Å². The van der Waals surface area contributed by atoms with Crippen LogP contribution >= 0.6 is 0 Å². The number of likely N-dealkylation sites (N-methyl/N-ethyl adjacent to an activating group) is 1. The van der Waals surface area contributed by atoms with Crippen LogP contribution in [0.3, 0.4) is 0 Å². The molecule has 3 heterocycles. The molecule has 1 amide bonds. The summed E-state index contributed by atoms with van der Waals surface area (Å²) < 4.78 is 1.31. The van der Waals surface area contributed by atoms with Gasteiger partial charge in [-0.3, -0.25) is 9.59 Å². The van der Waals surface area contributed by atoms with Crippen molar-refractivity contribution in [2.75, 3.05) is 43.4 Å². The summed E-state index contributed by atoms with van der Waals surface area (Å²) in [5.74, 6) is 0.551. The molecule has 1 aliphatic rings. The predicted octanol–water partition coefficient (Wildman–Crippen LogP) is 1.05. The van der Waals surface area contributed by atoms with Gasteiger partial charge < -0.3 is 15.1 Å². The van der Waals surface area contributed by atoms with Crippen molar-refractivity contribution in [3.8, 4) is 0 Å². The van der Waals surface area contributed by atoms with Crippen molar-refractivity contribution in [1.29, 1.82) is 0 Å². The van der Waals surface area contributed by atoms with Crippen LogP contribution in [0.2, 0.25) is 0 Å². The van der Waals surface area contributed by atoms with Gasteiger partial charge in [0.2, 0.25) is 0 Å². The fraction of sp³-hybridized carbons (Fsp3) is 0.444. The molecule has 8 heteroatoms.